The van der Waals surface area contributed by atoms with Crippen molar-refractivity contribution < 1.29 is 17.8 Å². The van der Waals surface area contributed by atoms with Gasteiger partial charge in [-0.25, -0.2) is 8.42 Å². The van der Waals surface area contributed by atoms with Gasteiger partial charge in [-0.1, -0.05) is 53.0 Å². The Kier molecular flexibility index (Phi) is 5.13. The fourth-order valence-electron chi connectivity index (χ4n) is 1.76. The van der Waals surface area contributed by atoms with Crippen LogP contribution in [-0.2, 0) is 9.84 Å². The molecule has 0 fully saturated rings. The van der Waals surface area contributed by atoms with Crippen molar-refractivity contribution in [1.29, 1.82) is 0 Å². The average Bonchev–Trinajstić information content (AvgIpc) is 2.95. The maximum Gasteiger partial charge on any atom is 0.433 e. The molecule has 2 rings (SSSR count). The first-order chi connectivity index (χ1) is 10.7. The van der Waals surface area contributed by atoms with Crippen molar-refractivity contribution in [2.24, 2.45) is 0 Å². The topological polar surface area (TPSA) is 90.4 Å². The second kappa shape index (κ2) is 6.74. The quantitative estimate of drug-likeness (QED) is 0.444. The van der Waals surface area contributed by atoms with Gasteiger partial charge in [-0.05, 0) is 24.6 Å². The van der Waals surface area contributed by atoms with Crippen LogP contribution >= 0.6 is 23.2 Å². The highest BCUT2D eigenvalue weighted by Crippen LogP contribution is 2.33. The Hall–Kier alpha value is -1.83. The zero-order chi connectivity index (χ0) is 17.2. The van der Waals surface area contributed by atoms with Gasteiger partial charge in [0.1, 0.15) is 9.83 Å². The molecule has 0 aliphatic carbocycles. The van der Waals surface area contributed by atoms with Gasteiger partial charge < -0.3 is 4.42 Å². The number of aryl methyl sites for hydroxylation is 1. The molecular weight excluding hydrogens is 365 g/mol. The summed E-state index contributed by atoms with van der Waals surface area (Å²) in [4.78, 5) is 9.61. The summed E-state index contributed by atoms with van der Waals surface area (Å²) in [5, 5.41) is 10.7. The predicted molar refractivity (Wildman–Crippen MR) is 88.8 cm³/mol. The van der Waals surface area contributed by atoms with Gasteiger partial charge in [-0.15, -0.1) is 0 Å². The Labute approximate surface area is 142 Å². The van der Waals surface area contributed by atoms with E-state index >= 15 is 0 Å². The van der Waals surface area contributed by atoms with Gasteiger partial charge in [0, 0.05) is 0 Å². The van der Waals surface area contributed by atoms with Crippen molar-refractivity contribution in [2.75, 3.05) is 0 Å². The van der Waals surface area contributed by atoms with Crippen LogP contribution in [0.15, 0.2) is 40.8 Å². The van der Waals surface area contributed by atoms with Crippen LogP contribution in [0.2, 0.25) is 0 Å². The summed E-state index contributed by atoms with van der Waals surface area (Å²) in [5.41, 5.74) is 1.55. The lowest BCUT2D eigenvalue weighted by atomic mass is 10.1. The average molecular weight is 376 g/mol. The molecule has 0 aliphatic heterocycles. The number of furan rings is 1. The zero-order valence-corrected chi connectivity index (χ0v) is 14.1. The lowest BCUT2D eigenvalue weighted by Crippen LogP contribution is -2.10. The lowest BCUT2D eigenvalue weighted by Gasteiger charge is -2.07. The zero-order valence-electron chi connectivity index (χ0n) is 11.8. The molecule has 122 valence electrons. The van der Waals surface area contributed by atoms with E-state index in [1.165, 1.54) is 12.1 Å². The molecule has 0 amide bonds. The van der Waals surface area contributed by atoms with Crippen molar-refractivity contribution in [2.45, 2.75) is 11.1 Å². The van der Waals surface area contributed by atoms with E-state index in [2.05, 4.69) is 0 Å². The minimum atomic E-state index is -4.14. The van der Waals surface area contributed by atoms with E-state index in [4.69, 9.17) is 27.6 Å². The molecule has 1 aromatic carbocycles. The molecule has 0 radical (unpaired) electrons. The monoisotopic (exact) mass is 375 g/mol. The molecule has 0 aliphatic rings. The molecule has 1 aromatic heterocycles. The van der Waals surface area contributed by atoms with Gasteiger partial charge in [-0.3, -0.25) is 10.1 Å². The Morgan fingerprint density at radius 1 is 1.22 bits per heavy atom. The number of benzene rings is 1. The minimum Gasteiger partial charge on any atom is -0.400 e. The lowest BCUT2D eigenvalue weighted by molar-refractivity contribution is -0.402. The van der Waals surface area contributed by atoms with E-state index in [0.717, 1.165) is 11.6 Å². The third kappa shape index (κ3) is 3.93. The first-order valence-corrected chi connectivity index (χ1v) is 8.69. The van der Waals surface area contributed by atoms with Crippen molar-refractivity contribution in [3.05, 3.63) is 63.4 Å². The first-order valence-electron chi connectivity index (χ1n) is 6.27. The van der Waals surface area contributed by atoms with E-state index in [0.29, 0.717) is 5.56 Å². The van der Waals surface area contributed by atoms with E-state index in [1.54, 1.807) is 24.3 Å². The van der Waals surface area contributed by atoms with Gasteiger partial charge in [-0.2, -0.15) is 0 Å². The third-order valence-corrected chi connectivity index (χ3v) is 5.74. The van der Waals surface area contributed by atoms with Gasteiger partial charge in [0.25, 0.3) is 0 Å². The molecular formula is C14H11Cl2NO5S. The largest absolute Gasteiger partial charge is 0.433 e. The Morgan fingerprint density at radius 2 is 1.83 bits per heavy atom. The fourth-order valence-corrected chi connectivity index (χ4v) is 3.22. The summed E-state index contributed by atoms with van der Waals surface area (Å²) in [6, 6.07) is 9.22. The SMILES string of the molecule is Cc1ccc(C=C(c2ccc([N+](=O)[O-])o2)S(=O)(=O)C(Cl)Cl)cc1. The van der Waals surface area contributed by atoms with Crippen molar-refractivity contribution in [1.82, 2.24) is 0 Å². The molecule has 0 atom stereocenters. The molecule has 0 saturated carbocycles. The van der Waals surface area contributed by atoms with Gasteiger partial charge in [0.05, 0.1) is 6.07 Å². The van der Waals surface area contributed by atoms with Crippen LogP contribution in [0.25, 0.3) is 11.0 Å². The van der Waals surface area contributed by atoms with Crippen LogP contribution in [-0.4, -0.2) is 17.5 Å². The summed E-state index contributed by atoms with van der Waals surface area (Å²) < 4.78 is 27.9. The van der Waals surface area contributed by atoms with Gasteiger partial charge in [0.2, 0.25) is 14.0 Å². The molecule has 0 N–H and O–H groups in total. The smallest absolute Gasteiger partial charge is 0.400 e. The molecule has 9 heteroatoms. The van der Waals surface area contributed by atoms with Gasteiger partial charge in [0.15, 0.2) is 5.76 Å². The molecule has 1 heterocycles. The van der Waals surface area contributed by atoms with E-state index in [9.17, 15) is 18.5 Å². The maximum absolute atomic E-state index is 12.3. The molecule has 6 nitrogen and oxygen atoms in total. The standard InChI is InChI=1S/C14H11Cl2NO5S/c1-9-2-4-10(5-3-9)8-12(23(20,21)14(15)16)11-6-7-13(22-11)17(18)19/h2-8,14H,1H3. The van der Waals surface area contributed by atoms with E-state index in [-0.39, 0.29) is 10.7 Å². The second-order valence-electron chi connectivity index (χ2n) is 4.62. The van der Waals surface area contributed by atoms with Gasteiger partial charge >= 0.3 is 5.88 Å². The van der Waals surface area contributed by atoms with Crippen LogP contribution in [0.3, 0.4) is 0 Å². The number of alkyl halides is 2. The molecule has 0 spiro atoms. The van der Waals surface area contributed by atoms with E-state index < -0.39 is 24.8 Å². The number of hydrogen-bond acceptors (Lipinski definition) is 5. The number of nitro groups is 1. The van der Waals surface area contributed by atoms with Crippen LogP contribution in [0.5, 0.6) is 0 Å². The molecule has 2 aromatic rings. The van der Waals surface area contributed by atoms with Crippen molar-refractivity contribution >= 4 is 49.9 Å². The Bertz CT molecular complexity index is 854. The summed E-state index contributed by atoms with van der Waals surface area (Å²) in [6.45, 7) is 1.88. The Morgan fingerprint density at radius 3 is 2.30 bits per heavy atom. The van der Waals surface area contributed by atoms with E-state index in [1.807, 2.05) is 6.92 Å². The number of nitrogens with zero attached hydrogens (tertiary/aromatic N) is 1. The van der Waals surface area contributed by atoms with Crippen LogP contribution in [0, 0.1) is 17.0 Å². The number of rotatable bonds is 5. The normalized spacial score (nSPS) is 12.6. The highest BCUT2D eigenvalue weighted by Gasteiger charge is 2.30. The summed E-state index contributed by atoms with van der Waals surface area (Å²) in [7, 11) is -4.14. The number of sulfone groups is 1. The molecule has 0 saturated heterocycles. The van der Waals surface area contributed by atoms with Crippen molar-refractivity contribution in [3.8, 4) is 0 Å². The molecule has 0 unspecified atom stereocenters. The number of hydrogen-bond donors (Lipinski definition) is 0. The fraction of sp³-hybridized carbons (Fsp3) is 0.143. The van der Waals surface area contributed by atoms with Crippen LogP contribution in [0.4, 0.5) is 5.88 Å². The minimum absolute atomic E-state index is 0.205. The first kappa shape index (κ1) is 17.5. The summed E-state index contributed by atoms with van der Waals surface area (Å²) in [6.07, 6.45) is 1.30. The highest BCUT2D eigenvalue weighted by molar-refractivity contribution is 8.03. The predicted octanol–water partition coefficient (Wildman–Crippen LogP) is 4.17. The second-order valence-corrected chi connectivity index (χ2v) is 8.23. The van der Waals surface area contributed by atoms with Crippen LogP contribution < -0.4 is 0 Å². The summed E-state index contributed by atoms with van der Waals surface area (Å²) >= 11 is 11.1. The maximum atomic E-state index is 12.3. The van der Waals surface area contributed by atoms with Crippen molar-refractivity contribution in [3.63, 3.8) is 0 Å². The molecule has 23 heavy (non-hydrogen) atoms. The van der Waals surface area contributed by atoms with Crippen LogP contribution in [0.1, 0.15) is 16.9 Å². The Balaban J connectivity index is 2.60. The summed E-state index contributed by atoms with van der Waals surface area (Å²) in [5.74, 6) is -0.783. The molecule has 0 bridgehead atoms. The highest BCUT2D eigenvalue weighted by atomic mass is 35.5. The number of halogens is 2. The third-order valence-electron chi connectivity index (χ3n) is 2.93.